The Morgan fingerprint density at radius 2 is 2.08 bits per heavy atom. The van der Waals surface area contributed by atoms with Gasteiger partial charge in [-0.3, -0.25) is 4.79 Å². The maximum atomic E-state index is 14.9. The van der Waals surface area contributed by atoms with Crippen molar-refractivity contribution >= 4 is 22.6 Å². The van der Waals surface area contributed by atoms with Gasteiger partial charge in [0.1, 0.15) is 5.82 Å². The molecule has 0 saturated heterocycles. The van der Waals surface area contributed by atoms with Crippen molar-refractivity contribution in [1.82, 2.24) is 9.55 Å². The second-order valence-corrected chi connectivity index (χ2v) is 6.39. The van der Waals surface area contributed by atoms with E-state index in [1.807, 2.05) is 42.8 Å². The average molecular weight is 323 g/mol. The van der Waals surface area contributed by atoms with Crippen LogP contribution in [0.2, 0.25) is 0 Å². The van der Waals surface area contributed by atoms with Gasteiger partial charge in [-0.05, 0) is 25.3 Å². The van der Waals surface area contributed by atoms with Gasteiger partial charge in [0.05, 0.1) is 16.6 Å². The van der Waals surface area contributed by atoms with E-state index in [4.69, 9.17) is 0 Å². The molecule has 24 heavy (non-hydrogen) atoms. The van der Waals surface area contributed by atoms with Crippen LogP contribution in [0.15, 0.2) is 36.5 Å². The fourth-order valence-electron chi connectivity index (χ4n) is 3.07. The fraction of sp³-hybridized carbons (Fsp3) is 0.263. The number of aryl methyl sites for hydroxylation is 2. The number of nitrogens with one attached hydrogen (secondary N) is 1. The van der Waals surface area contributed by atoms with Crippen molar-refractivity contribution < 1.29 is 9.18 Å². The Hall–Kier alpha value is -2.69. The third-order valence-corrected chi connectivity index (χ3v) is 4.62. The molecule has 5 heteroatoms. The van der Waals surface area contributed by atoms with E-state index in [0.29, 0.717) is 22.4 Å². The SMILES string of the molecule is Cc1ccccc1-c1c(F)c2cnc(NC(=O)C3CC3)cc2n1C. The van der Waals surface area contributed by atoms with Gasteiger partial charge in [0, 0.05) is 30.8 Å². The Kier molecular flexibility index (Phi) is 3.37. The highest BCUT2D eigenvalue weighted by Crippen LogP contribution is 2.34. The van der Waals surface area contributed by atoms with E-state index in [2.05, 4.69) is 10.3 Å². The summed E-state index contributed by atoms with van der Waals surface area (Å²) in [6.07, 6.45) is 3.36. The number of anilines is 1. The summed E-state index contributed by atoms with van der Waals surface area (Å²) >= 11 is 0. The second-order valence-electron chi connectivity index (χ2n) is 6.39. The maximum Gasteiger partial charge on any atom is 0.228 e. The van der Waals surface area contributed by atoms with Crippen molar-refractivity contribution in [2.45, 2.75) is 19.8 Å². The average Bonchev–Trinajstić information content (AvgIpc) is 3.38. The van der Waals surface area contributed by atoms with Crippen LogP contribution >= 0.6 is 0 Å². The Balaban J connectivity index is 1.82. The van der Waals surface area contributed by atoms with Crippen LogP contribution in [0, 0.1) is 18.7 Å². The number of carbonyl (C=O) groups is 1. The molecule has 0 aliphatic heterocycles. The lowest BCUT2D eigenvalue weighted by atomic mass is 10.1. The van der Waals surface area contributed by atoms with Crippen LogP contribution in [0.3, 0.4) is 0 Å². The molecule has 4 rings (SSSR count). The molecule has 1 N–H and O–H groups in total. The van der Waals surface area contributed by atoms with Gasteiger partial charge in [0.15, 0.2) is 5.82 Å². The Bertz CT molecular complexity index is 957. The summed E-state index contributed by atoms with van der Waals surface area (Å²) in [6.45, 7) is 1.96. The summed E-state index contributed by atoms with van der Waals surface area (Å²) in [4.78, 5) is 16.1. The number of aromatic nitrogens is 2. The van der Waals surface area contributed by atoms with Crippen molar-refractivity contribution in [3.05, 3.63) is 47.9 Å². The minimum absolute atomic E-state index is 0.00402. The normalized spacial score (nSPS) is 14.1. The van der Waals surface area contributed by atoms with E-state index in [-0.39, 0.29) is 17.6 Å². The van der Waals surface area contributed by atoms with E-state index < -0.39 is 0 Å². The number of benzene rings is 1. The molecule has 1 amide bonds. The summed E-state index contributed by atoms with van der Waals surface area (Å²) in [5.41, 5.74) is 3.12. The molecule has 2 heterocycles. The first kappa shape index (κ1) is 14.9. The van der Waals surface area contributed by atoms with Gasteiger partial charge in [-0.25, -0.2) is 9.37 Å². The predicted molar refractivity (Wildman–Crippen MR) is 92.2 cm³/mol. The van der Waals surface area contributed by atoms with Crippen LogP contribution in [0.25, 0.3) is 22.2 Å². The summed E-state index contributed by atoms with van der Waals surface area (Å²) < 4.78 is 16.8. The monoisotopic (exact) mass is 323 g/mol. The zero-order chi connectivity index (χ0) is 16.8. The fourth-order valence-corrected chi connectivity index (χ4v) is 3.07. The number of pyridine rings is 1. The van der Waals surface area contributed by atoms with E-state index in [0.717, 1.165) is 24.0 Å². The molecule has 0 radical (unpaired) electrons. The van der Waals surface area contributed by atoms with E-state index in [9.17, 15) is 9.18 Å². The maximum absolute atomic E-state index is 14.9. The first-order valence-corrected chi connectivity index (χ1v) is 8.07. The van der Waals surface area contributed by atoms with Crippen molar-refractivity contribution in [3.63, 3.8) is 0 Å². The molecule has 1 aliphatic carbocycles. The lowest BCUT2D eigenvalue weighted by Crippen LogP contribution is -2.14. The smallest absolute Gasteiger partial charge is 0.228 e. The second kappa shape index (κ2) is 5.44. The molecule has 1 aromatic carbocycles. The van der Waals surface area contributed by atoms with Gasteiger partial charge in [0.25, 0.3) is 0 Å². The third-order valence-electron chi connectivity index (χ3n) is 4.62. The zero-order valence-corrected chi connectivity index (χ0v) is 13.6. The standard InChI is InChI=1S/C19H18FN3O/c1-11-5-3-4-6-13(11)18-17(20)14-10-21-16(9-15(14)23(18)2)22-19(24)12-7-8-12/h3-6,9-10,12H,7-8H2,1-2H3,(H,21,22,24). The Morgan fingerprint density at radius 3 is 2.79 bits per heavy atom. The molecule has 1 aliphatic rings. The zero-order valence-electron chi connectivity index (χ0n) is 13.6. The first-order chi connectivity index (χ1) is 11.6. The first-order valence-electron chi connectivity index (χ1n) is 8.07. The molecule has 0 atom stereocenters. The van der Waals surface area contributed by atoms with Crippen molar-refractivity contribution in [3.8, 4) is 11.3 Å². The summed E-state index contributed by atoms with van der Waals surface area (Å²) in [5, 5.41) is 3.28. The number of fused-ring (bicyclic) bond motifs is 1. The molecule has 0 bridgehead atoms. The highest BCUT2D eigenvalue weighted by molar-refractivity contribution is 5.96. The lowest BCUT2D eigenvalue weighted by molar-refractivity contribution is -0.117. The molecule has 0 spiro atoms. The molecule has 4 nitrogen and oxygen atoms in total. The van der Waals surface area contributed by atoms with Crippen molar-refractivity contribution in [2.75, 3.05) is 5.32 Å². The van der Waals surface area contributed by atoms with Crippen LogP contribution < -0.4 is 5.32 Å². The van der Waals surface area contributed by atoms with E-state index in [1.165, 1.54) is 6.20 Å². The quantitative estimate of drug-likeness (QED) is 0.791. The van der Waals surface area contributed by atoms with Crippen LogP contribution in [-0.2, 0) is 11.8 Å². The Morgan fingerprint density at radius 1 is 1.33 bits per heavy atom. The van der Waals surface area contributed by atoms with Gasteiger partial charge in [-0.15, -0.1) is 0 Å². The highest BCUT2D eigenvalue weighted by atomic mass is 19.1. The van der Waals surface area contributed by atoms with Gasteiger partial charge in [-0.1, -0.05) is 24.3 Å². The van der Waals surface area contributed by atoms with E-state index >= 15 is 0 Å². The number of nitrogens with zero attached hydrogens (tertiary/aromatic N) is 2. The molecule has 0 unspecified atom stereocenters. The van der Waals surface area contributed by atoms with Gasteiger partial charge < -0.3 is 9.88 Å². The van der Waals surface area contributed by atoms with E-state index in [1.54, 1.807) is 6.07 Å². The van der Waals surface area contributed by atoms with Crippen LogP contribution in [0.5, 0.6) is 0 Å². The molecule has 1 saturated carbocycles. The summed E-state index contributed by atoms with van der Waals surface area (Å²) in [7, 11) is 1.83. The number of amides is 1. The number of rotatable bonds is 3. The van der Waals surface area contributed by atoms with Gasteiger partial charge >= 0.3 is 0 Å². The minimum Gasteiger partial charge on any atom is -0.341 e. The van der Waals surface area contributed by atoms with Gasteiger partial charge in [0.2, 0.25) is 5.91 Å². The lowest BCUT2D eigenvalue weighted by Gasteiger charge is -2.08. The third kappa shape index (κ3) is 2.37. The predicted octanol–water partition coefficient (Wildman–Crippen LogP) is 4.04. The highest BCUT2D eigenvalue weighted by Gasteiger charge is 2.30. The molecule has 3 aromatic rings. The van der Waals surface area contributed by atoms with Crippen LogP contribution in [0.4, 0.5) is 10.2 Å². The minimum atomic E-state index is -0.283. The number of carbonyl (C=O) groups excluding carboxylic acids is 1. The topological polar surface area (TPSA) is 46.9 Å². The molecular formula is C19H18FN3O. The van der Waals surface area contributed by atoms with Gasteiger partial charge in [-0.2, -0.15) is 0 Å². The number of hydrogen-bond donors (Lipinski definition) is 1. The summed E-state index contributed by atoms with van der Waals surface area (Å²) in [5.74, 6) is 0.288. The molecule has 1 fully saturated rings. The largest absolute Gasteiger partial charge is 0.341 e. The molecule has 122 valence electrons. The Labute approximate surface area is 139 Å². The van der Waals surface area contributed by atoms with Crippen LogP contribution in [-0.4, -0.2) is 15.5 Å². The van der Waals surface area contributed by atoms with Crippen molar-refractivity contribution in [1.29, 1.82) is 0 Å². The molecule has 2 aromatic heterocycles. The molecular weight excluding hydrogens is 305 g/mol. The number of hydrogen-bond acceptors (Lipinski definition) is 2. The number of halogens is 1. The van der Waals surface area contributed by atoms with Crippen LogP contribution in [0.1, 0.15) is 18.4 Å². The summed E-state index contributed by atoms with van der Waals surface area (Å²) in [6, 6.07) is 9.45. The van der Waals surface area contributed by atoms with Crippen molar-refractivity contribution in [2.24, 2.45) is 13.0 Å².